The molecule has 0 bridgehead atoms. The van der Waals surface area contributed by atoms with E-state index in [-0.39, 0.29) is 6.61 Å². The summed E-state index contributed by atoms with van der Waals surface area (Å²) >= 11 is 0. The summed E-state index contributed by atoms with van der Waals surface area (Å²) in [5.74, 6) is -0.646. The van der Waals surface area contributed by atoms with Gasteiger partial charge in [0.2, 0.25) is 0 Å². The SMILES string of the molecule is CCC(C)(O)CCOC(=O)C(C)O. The van der Waals surface area contributed by atoms with Crippen LogP contribution in [0.2, 0.25) is 0 Å². The Balaban J connectivity index is 3.62. The van der Waals surface area contributed by atoms with Crippen molar-refractivity contribution in [3.05, 3.63) is 0 Å². The Labute approximate surface area is 78.5 Å². The van der Waals surface area contributed by atoms with E-state index in [1.54, 1.807) is 6.92 Å². The Bertz CT molecular complexity index is 163. The van der Waals surface area contributed by atoms with Crippen molar-refractivity contribution in [2.24, 2.45) is 0 Å². The molecule has 0 aliphatic rings. The molecule has 4 nitrogen and oxygen atoms in total. The van der Waals surface area contributed by atoms with Gasteiger partial charge >= 0.3 is 5.97 Å². The van der Waals surface area contributed by atoms with Gasteiger partial charge in [0.25, 0.3) is 0 Å². The molecule has 0 aliphatic heterocycles. The maximum atomic E-state index is 10.8. The highest BCUT2D eigenvalue weighted by molar-refractivity contribution is 5.73. The molecule has 13 heavy (non-hydrogen) atoms. The zero-order valence-corrected chi connectivity index (χ0v) is 8.41. The van der Waals surface area contributed by atoms with Crippen molar-refractivity contribution in [3.8, 4) is 0 Å². The van der Waals surface area contributed by atoms with E-state index in [1.807, 2.05) is 6.92 Å². The molecule has 0 aromatic carbocycles. The second kappa shape index (κ2) is 5.19. The van der Waals surface area contributed by atoms with Gasteiger partial charge in [-0.15, -0.1) is 0 Å². The molecule has 2 atom stereocenters. The average molecular weight is 190 g/mol. The highest BCUT2D eigenvalue weighted by Crippen LogP contribution is 2.13. The van der Waals surface area contributed by atoms with Crippen LogP contribution in [-0.4, -0.2) is 34.5 Å². The second-order valence-electron chi connectivity index (χ2n) is 3.44. The van der Waals surface area contributed by atoms with E-state index in [9.17, 15) is 9.90 Å². The monoisotopic (exact) mass is 190 g/mol. The third-order valence-electron chi connectivity index (χ3n) is 1.99. The van der Waals surface area contributed by atoms with Crippen LogP contribution in [-0.2, 0) is 9.53 Å². The lowest BCUT2D eigenvalue weighted by molar-refractivity contribution is -0.153. The van der Waals surface area contributed by atoms with Gasteiger partial charge in [0.15, 0.2) is 0 Å². The fraction of sp³-hybridized carbons (Fsp3) is 0.889. The lowest BCUT2D eigenvalue weighted by Crippen LogP contribution is -2.27. The minimum absolute atomic E-state index is 0.143. The zero-order valence-electron chi connectivity index (χ0n) is 8.41. The van der Waals surface area contributed by atoms with Crippen LogP contribution in [0.4, 0.5) is 0 Å². The number of carbonyl (C=O) groups is 1. The molecule has 0 heterocycles. The van der Waals surface area contributed by atoms with E-state index in [1.165, 1.54) is 6.92 Å². The summed E-state index contributed by atoms with van der Waals surface area (Å²) in [6.45, 7) is 5.03. The fourth-order valence-electron chi connectivity index (χ4n) is 0.669. The number of hydrogen-bond donors (Lipinski definition) is 2. The predicted molar refractivity (Wildman–Crippen MR) is 48.2 cm³/mol. The second-order valence-corrected chi connectivity index (χ2v) is 3.44. The molecular weight excluding hydrogens is 172 g/mol. The van der Waals surface area contributed by atoms with E-state index in [2.05, 4.69) is 0 Å². The van der Waals surface area contributed by atoms with Crippen molar-refractivity contribution >= 4 is 5.97 Å². The van der Waals surface area contributed by atoms with E-state index < -0.39 is 17.7 Å². The van der Waals surface area contributed by atoms with Gasteiger partial charge in [-0.3, -0.25) is 0 Å². The molecule has 2 N–H and O–H groups in total. The number of aliphatic hydroxyl groups is 2. The molecule has 0 saturated heterocycles. The van der Waals surface area contributed by atoms with E-state index in [0.29, 0.717) is 12.8 Å². The molecule has 0 radical (unpaired) electrons. The van der Waals surface area contributed by atoms with Crippen LogP contribution in [0.15, 0.2) is 0 Å². The molecule has 0 amide bonds. The molecule has 78 valence electrons. The van der Waals surface area contributed by atoms with Gasteiger partial charge in [0.05, 0.1) is 12.2 Å². The molecular formula is C9H18O4. The van der Waals surface area contributed by atoms with Crippen molar-refractivity contribution < 1.29 is 19.7 Å². The average Bonchev–Trinajstić information content (AvgIpc) is 2.04. The van der Waals surface area contributed by atoms with Crippen molar-refractivity contribution in [2.45, 2.75) is 45.3 Å². The molecule has 0 fully saturated rings. The Hall–Kier alpha value is -0.610. The Morgan fingerprint density at radius 3 is 2.54 bits per heavy atom. The molecule has 2 unspecified atom stereocenters. The standard InChI is InChI=1S/C9H18O4/c1-4-9(3,12)5-6-13-8(11)7(2)10/h7,10,12H,4-6H2,1-3H3. The Morgan fingerprint density at radius 1 is 1.62 bits per heavy atom. The van der Waals surface area contributed by atoms with Crippen molar-refractivity contribution in [1.82, 2.24) is 0 Å². The maximum Gasteiger partial charge on any atom is 0.334 e. The lowest BCUT2D eigenvalue weighted by Gasteiger charge is -2.20. The number of carbonyl (C=O) groups excluding carboxylic acids is 1. The summed E-state index contributed by atoms with van der Waals surface area (Å²) in [6, 6.07) is 0. The minimum atomic E-state index is -1.09. The van der Waals surface area contributed by atoms with Gasteiger partial charge in [-0.25, -0.2) is 4.79 Å². The van der Waals surface area contributed by atoms with Gasteiger partial charge < -0.3 is 14.9 Å². The Morgan fingerprint density at radius 2 is 2.15 bits per heavy atom. The van der Waals surface area contributed by atoms with E-state index in [4.69, 9.17) is 9.84 Å². The number of esters is 1. The quantitative estimate of drug-likeness (QED) is 0.618. The first-order chi connectivity index (χ1) is 5.89. The number of ether oxygens (including phenoxy) is 1. The van der Waals surface area contributed by atoms with E-state index >= 15 is 0 Å². The highest BCUT2D eigenvalue weighted by atomic mass is 16.5. The summed E-state index contributed by atoms with van der Waals surface area (Å²) in [5.41, 5.74) is -0.793. The first-order valence-electron chi connectivity index (χ1n) is 4.46. The predicted octanol–water partition coefficient (Wildman–Crippen LogP) is 0.461. The van der Waals surface area contributed by atoms with Gasteiger partial charge in [0.1, 0.15) is 6.10 Å². The fourth-order valence-corrected chi connectivity index (χ4v) is 0.669. The highest BCUT2D eigenvalue weighted by Gasteiger charge is 2.18. The van der Waals surface area contributed by atoms with Crippen molar-refractivity contribution in [2.75, 3.05) is 6.61 Å². The molecule has 0 aromatic heterocycles. The largest absolute Gasteiger partial charge is 0.464 e. The summed E-state index contributed by atoms with van der Waals surface area (Å²) in [4.78, 5) is 10.8. The topological polar surface area (TPSA) is 66.8 Å². The molecule has 0 aliphatic carbocycles. The van der Waals surface area contributed by atoms with Crippen LogP contribution in [0.25, 0.3) is 0 Å². The summed E-state index contributed by atoms with van der Waals surface area (Å²) in [6.07, 6.45) is -0.0900. The van der Waals surface area contributed by atoms with Crippen LogP contribution < -0.4 is 0 Å². The Kier molecular flexibility index (Phi) is 4.95. The summed E-state index contributed by atoms with van der Waals surface area (Å²) in [7, 11) is 0. The van der Waals surface area contributed by atoms with E-state index in [0.717, 1.165) is 0 Å². The minimum Gasteiger partial charge on any atom is -0.464 e. The molecule has 0 aromatic rings. The summed E-state index contributed by atoms with van der Waals surface area (Å²) in [5, 5.41) is 18.3. The van der Waals surface area contributed by atoms with Crippen LogP contribution >= 0.6 is 0 Å². The number of hydrogen-bond acceptors (Lipinski definition) is 4. The number of rotatable bonds is 5. The third kappa shape index (κ3) is 5.60. The van der Waals surface area contributed by atoms with Gasteiger partial charge in [-0.05, 0) is 20.3 Å². The van der Waals surface area contributed by atoms with Gasteiger partial charge in [-0.2, -0.15) is 0 Å². The van der Waals surface area contributed by atoms with Crippen LogP contribution in [0.5, 0.6) is 0 Å². The first-order valence-corrected chi connectivity index (χ1v) is 4.46. The molecule has 0 spiro atoms. The number of aliphatic hydroxyl groups excluding tert-OH is 1. The molecule has 4 heteroatoms. The third-order valence-corrected chi connectivity index (χ3v) is 1.99. The van der Waals surface area contributed by atoms with Crippen LogP contribution in [0, 0.1) is 0 Å². The lowest BCUT2D eigenvalue weighted by atomic mass is 10.0. The van der Waals surface area contributed by atoms with Gasteiger partial charge in [-0.1, -0.05) is 6.92 Å². The first kappa shape index (κ1) is 12.4. The molecule has 0 rings (SSSR count). The summed E-state index contributed by atoms with van der Waals surface area (Å²) < 4.78 is 4.69. The van der Waals surface area contributed by atoms with Crippen molar-refractivity contribution in [1.29, 1.82) is 0 Å². The van der Waals surface area contributed by atoms with Gasteiger partial charge in [0, 0.05) is 6.42 Å². The zero-order chi connectivity index (χ0) is 10.5. The normalized spacial score (nSPS) is 17.6. The maximum absolute atomic E-state index is 10.8. The smallest absolute Gasteiger partial charge is 0.334 e. The van der Waals surface area contributed by atoms with Crippen LogP contribution in [0.3, 0.4) is 0 Å². The van der Waals surface area contributed by atoms with Crippen LogP contribution in [0.1, 0.15) is 33.6 Å². The van der Waals surface area contributed by atoms with Crippen molar-refractivity contribution in [3.63, 3.8) is 0 Å². The molecule has 0 saturated carbocycles.